The smallest absolute Gasteiger partial charge is 0.226 e. The molecule has 0 aliphatic rings. The Morgan fingerprint density at radius 2 is 2.00 bits per heavy atom. The molecule has 0 spiro atoms. The molecule has 0 radical (unpaired) electrons. The molecule has 0 aromatic heterocycles. The van der Waals surface area contributed by atoms with Crippen molar-refractivity contribution >= 4 is 5.91 Å². The number of benzene rings is 1. The number of hydrogen-bond acceptors (Lipinski definition) is 2. The molecule has 1 aromatic rings. The van der Waals surface area contributed by atoms with Crippen molar-refractivity contribution < 1.29 is 13.6 Å². The van der Waals surface area contributed by atoms with Crippen LogP contribution in [0.2, 0.25) is 0 Å². The zero-order valence-electron chi connectivity index (χ0n) is 12.2. The van der Waals surface area contributed by atoms with Crippen LogP contribution in [0.1, 0.15) is 25.8 Å². The van der Waals surface area contributed by atoms with E-state index in [9.17, 15) is 13.6 Å². The number of nitrogens with two attached hydrogens (primary N) is 1. The van der Waals surface area contributed by atoms with Crippen molar-refractivity contribution in [2.75, 3.05) is 13.6 Å². The lowest BCUT2D eigenvalue weighted by molar-refractivity contribution is -0.129. The van der Waals surface area contributed by atoms with E-state index in [1.54, 1.807) is 7.05 Å². The van der Waals surface area contributed by atoms with Gasteiger partial charge in [-0.25, -0.2) is 8.78 Å². The van der Waals surface area contributed by atoms with E-state index >= 15 is 0 Å². The van der Waals surface area contributed by atoms with Gasteiger partial charge in [-0.2, -0.15) is 0 Å². The molecule has 0 aliphatic carbocycles. The van der Waals surface area contributed by atoms with Crippen molar-refractivity contribution in [2.24, 2.45) is 11.7 Å². The van der Waals surface area contributed by atoms with Crippen molar-refractivity contribution in [3.63, 3.8) is 0 Å². The predicted octanol–water partition coefficient (Wildman–Crippen LogP) is 2.34. The quantitative estimate of drug-likeness (QED) is 0.871. The maximum Gasteiger partial charge on any atom is 0.226 e. The fourth-order valence-corrected chi connectivity index (χ4v) is 1.78. The van der Waals surface area contributed by atoms with Crippen molar-refractivity contribution in [3.05, 3.63) is 35.4 Å². The Balaban J connectivity index is 2.55. The molecule has 0 heterocycles. The minimum Gasteiger partial charge on any atom is -0.345 e. The first kappa shape index (κ1) is 16.6. The second-order valence-corrected chi connectivity index (χ2v) is 5.42. The van der Waals surface area contributed by atoms with E-state index in [-0.39, 0.29) is 23.9 Å². The first-order valence-electron chi connectivity index (χ1n) is 6.74. The van der Waals surface area contributed by atoms with Gasteiger partial charge in [0.15, 0.2) is 0 Å². The molecule has 0 aliphatic heterocycles. The molecule has 0 saturated heterocycles. The van der Waals surface area contributed by atoms with Crippen LogP contribution in [0, 0.1) is 17.6 Å². The van der Waals surface area contributed by atoms with Crippen molar-refractivity contribution in [3.8, 4) is 0 Å². The highest BCUT2D eigenvalue weighted by Crippen LogP contribution is 2.12. The van der Waals surface area contributed by atoms with Gasteiger partial charge in [0.1, 0.15) is 11.6 Å². The van der Waals surface area contributed by atoms with E-state index in [1.165, 1.54) is 4.90 Å². The number of nitrogens with zero attached hydrogens (tertiary/aromatic N) is 1. The van der Waals surface area contributed by atoms with Crippen LogP contribution in [0.15, 0.2) is 18.2 Å². The van der Waals surface area contributed by atoms with Crippen LogP contribution in [-0.4, -0.2) is 30.4 Å². The highest BCUT2D eigenvalue weighted by Gasteiger charge is 2.15. The third-order valence-corrected chi connectivity index (χ3v) is 3.43. The minimum atomic E-state index is -0.563. The highest BCUT2D eigenvalue weighted by molar-refractivity contribution is 5.78. The maximum atomic E-state index is 13.5. The molecule has 0 fully saturated rings. The summed E-state index contributed by atoms with van der Waals surface area (Å²) in [5.41, 5.74) is 5.99. The van der Waals surface area contributed by atoms with Crippen molar-refractivity contribution in [2.45, 2.75) is 32.7 Å². The summed E-state index contributed by atoms with van der Waals surface area (Å²) in [5.74, 6) is -1.00. The molecule has 2 N–H and O–H groups in total. The summed E-state index contributed by atoms with van der Waals surface area (Å²) in [6, 6.07) is 3.15. The Morgan fingerprint density at radius 1 is 1.35 bits per heavy atom. The molecule has 1 aromatic carbocycles. The van der Waals surface area contributed by atoms with E-state index in [1.807, 2.05) is 13.8 Å². The lowest BCUT2D eigenvalue weighted by Crippen LogP contribution is -2.35. The van der Waals surface area contributed by atoms with Gasteiger partial charge in [-0.15, -0.1) is 0 Å². The van der Waals surface area contributed by atoms with E-state index < -0.39 is 11.6 Å². The third-order valence-electron chi connectivity index (χ3n) is 3.43. The van der Waals surface area contributed by atoms with Gasteiger partial charge in [-0.3, -0.25) is 4.79 Å². The topological polar surface area (TPSA) is 46.3 Å². The zero-order valence-corrected chi connectivity index (χ0v) is 12.2. The monoisotopic (exact) mass is 284 g/mol. The molecule has 0 bridgehead atoms. The van der Waals surface area contributed by atoms with E-state index in [0.29, 0.717) is 18.9 Å². The van der Waals surface area contributed by atoms with Crippen LogP contribution in [0.4, 0.5) is 8.78 Å². The molecule has 1 rings (SSSR count). The lowest BCUT2D eigenvalue weighted by Gasteiger charge is -2.21. The largest absolute Gasteiger partial charge is 0.345 e. The number of halogens is 2. The van der Waals surface area contributed by atoms with Crippen LogP contribution in [0.3, 0.4) is 0 Å². The fourth-order valence-electron chi connectivity index (χ4n) is 1.78. The molecule has 1 amide bonds. The SMILES string of the molecule is CC(C)C(N)CCN(C)C(=O)Cc1cc(F)ccc1F. The summed E-state index contributed by atoms with van der Waals surface area (Å²) in [6.45, 7) is 4.55. The highest BCUT2D eigenvalue weighted by atomic mass is 19.1. The fraction of sp³-hybridized carbons (Fsp3) is 0.533. The molecule has 20 heavy (non-hydrogen) atoms. The van der Waals surface area contributed by atoms with E-state index in [4.69, 9.17) is 5.73 Å². The van der Waals surface area contributed by atoms with Crippen LogP contribution in [0.25, 0.3) is 0 Å². The van der Waals surface area contributed by atoms with Crippen LogP contribution < -0.4 is 5.73 Å². The maximum absolute atomic E-state index is 13.5. The lowest BCUT2D eigenvalue weighted by atomic mass is 10.0. The minimum absolute atomic E-state index is 0.0242. The molecular formula is C15H22F2N2O. The standard InChI is InChI=1S/C15H22F2N2O/c1-10(2)14(18)6-7-19(3)15(20)9-11-8-12(16)4-5-13(11)17/h4-5,8,10,14H,6-7,9,18H2,1-3H3. The number of hydrogen-bond donors (Lipinski definition) is 1. The summed E-state index contributed by atoms with van der Waals surface area (Å²) < 4.78 is 26.5. The third kappa shape index (κ3) is 4.89. The Bertz CT molecular complexity index is 463. The van der Waals surface area contributed by atoms with Gasteiger partial charge in [0.2, 0.25) is 5.91 Å². The number of amides is 1. The zero-order chi connectivity index (χ0) is 15.3. The number of carbonyl (C=O) groups excluding carboxylic acids is 1. The van der Waals surface area contributed by atoms with Gasteiger partial charge in [0, 0.05) is 25.2 Å². The van der Waals surface area contributed by atoms with Gasteiger partial charge >= 0.3 is 0 Å². The molecule has 5 heteroatoms. The molecule has 1 atom stereocenters. The Labute approximate surface area is 118 Å². The Hall–Kier alpha value is -1.49. The summed E-state index contributed by atoms with van der Waals surface area (Å²) in [7, 11) is 1.65. The predicted molar refractivity (Wildman–Crippen MR) is 75.1 cm³/mol. The number of likely N-dealkylation sites (N-methyl/N-ethyl adjacent to an activating group) is 1. The van der Waals surface area contributed by atoms with Gasteiger partial charge in [0.05, 0.1) is 6.42 Å². The summed E-state index contributed by atoms with van der Waals surface area (Å²) in [5, 5.41) is 0. The average molecular weight is 284 g/mol. The number of rotatable bonds is 6. The second kappa shape index (κ2) is 7.33. The summed E-state index contributed by atoms with van der Waals surface area (Å²) in [4.78, 5) is 13.5. The van der Waals surface area contributed by atoms with Gasteiger partial charge in [-0.1, -0.05) is 13.8 Å². The van der Waals surface area contributed by atoms with Gasteiger partial charge in [0.25, 0.3) is 0 Å². The molecule has 1 unspecified atom stereocenters. The summed E-state index contributed by atoms with van der Waals surface area (Å²) >= 11 is 0. The summed E-state index contributed by atoms with van der Waals surface area (Å²) in [6.07, 6.45) is 0.544. The normalized spacial score (nSPS) is 12.6. The Morgan fingerprint density at radius 3 is 2.60 bits per heavy atom. The molecule has 3 nitrogen and oxygen atoms in total. The second-order valence-electron chi connectivity index (χ2n) is 5.42. The van der Waals surface area contributed by atoms with E-state index in [2.05, 4.69) is 0 Å². The van der Waals surface area contributed by atoms with Crippen LogP contribution in [-0.2, 0) is 11.2 Å². The van der Waals surface area contributed by atoms with Crippen molar-refractivity contribution in [1.82, 2.24) is 4.90 Å². The average Bonchev–Trinajstić information content (AvgIpc) is 2.39. The van der Waals surface area contributed by atoms with Crippen molar-refractivity contribution in [1.29, 1.82) is 0 Å². The van der Waals surface area contributed by atoms with Crippen LogP contribution >= 0.6 is 0 Å². The molecular weight excluding hydrogens is 262 g/mol. The molecule has 112 valence electrons. The first-order valence-corrected chi connectivity index (χ1v) is 6.74. The van der Waals surface area contributed by atoms with Gasteiger partial charge in [-0.05, 0) is 30.5 Å². The Kier molecular flexibility index (Phi) is 6.07. The number of carbonyl (C=O) groups is 1. The van der Waals surface area contributed by atoms with Crippen LogP contribution in [0.5, 0.6) is 0 Å². The van der Waals surface area contributed by atoms with Gasteiger partial charge < -0.3 is 10.6 Å². The molecule has 0 saturated carbocycles. The van der Waals surface area contributed by atoms with E-state index in [0.717, 1.165) is 18.2 Å². The first-order chi connectivity index (χ1) is 9.31.